The van der Waals surface area contributed by atoms with Gasteiger partial charge in [0, 0.05) is 0 Å². The molecule has 0 aliphatic heterocycles. The molecule has 0 aliphatic carbocycles. The lowest BCUT2D eigenvalue weighted by molar-refractivity contribution is 1.47. The molecule has 8 rings (SSSR count). The Morgan fingerprint density at radius 2 is 0.581 bits per heavy atom. The lowest BCUT2D eigenvalue weighted by Crippen LogP contribution is -1.98. The van der Waals surface area contributed by atoms with E-state index in [1.54, 1.807) is 0 Å². The Morgan fingerprint density at radius 3 is 0.977 bits per heavy atom. The van der Waals surface area contributed by atoms with Crippen molar-refractivity contribution in [2.75, 3.05) is 0 Å². The van der Waals surface area contributed by atoms with Crippen molar-refractivity contribution in [1.29, 1.82) is 0 Å². The fraction of sp³-hybridized carbons (Fsp3) is 0.0233. The molecule has 0 aromatic heterocycles. The second-order valence-electron chi connectivity index (χ2n) is 11.3. The summed E-state index contributed by atoms with van der Waals surface area (Å²) in [5, 5.41) is 7.68. The predicted molar refractivity (Wildman–Crippen MR) is 185 cm³/mol. The summed E-state index contributed by atoms with van der Waals surface area (Å²) in [4.78, 5) is 0. The molecule has 0 spiro atoms. The summed E-state index contributed by atoms with van der Waals surface area (Å²) < 4.78 is 0. The Morgan fingerprint density at radius 1 is 0.279 bits per heavy atom. The van der Waals surface area contributed by atoms with Gasteiger partial charge >= 0.3 is 0 Å². The van der Waals surface area contributed by atoms with Gasteiger partial charge in [0.15, 0.2) is 0 Å². The van der Waals surface area contributed by atoms with Crippen molar-refractivity contribution in [1.82, 2.24) is 0 Å². The minimum Gasteiger partial charge on any atom is -0.0622 e. The molecular formula is C43H30. The van der Waals surface area contributed by atoms with E-state index in [1.807, 2.05) is 0 Å². The highest BCUT2D eigenvalue weighted by Gasteiger charge is 2.25. The molecule has 0 atom stereocenters. The van der Waals surface area contributed by atoms with Crippen LogP contribution in [0.4, 0.5) is 0 Å². The van der Waals surface area contributed by atoms with Crippen molar-refractivity contribution < 1.29 is 0 Å². The first-order valence-corrected chi connectivity index (χ1v) is 15.0. The van der Waals surface area contributed by atoms with Gasteiger partial charge in [-0.25, -0.2) is 0 Å². The molecule has 0 aliphatic rings. The molecule has 0 N–H and O–H groups in total. The Hall–Kier alpha value is -5.46. The van der Waals surface area contributed by atoms with Gasteiger partial charge in [-0.15, -0.1) is 0 Å². The van der Waals surface area contributed by atoms with Gasteiger partial charge in [0.25, 0.3) is 0 Å². The standard InChI is InChI=1S/C43H30/c1-29-17-11-12-24-33(29)41-37-28-16-15-27-36(37)39(31-20-7-3-8-21-31)42-38(30-18-5-2-6-19-30)34-25-13-14-26-35(34)40(43(41)42)32-22-9-4-10-23-32/h2-28H,1H3. The molecule has 0 heteroatoms. The van der Waals surface area contributed by atoms with E-state index in [-0.39, 0.29) is 0 Å². The summed E-state index contributed by atoms with van der Waals surface area (Å²) >= 11 is 0. The van der Waals surface area contributed by atoms with Crippen LogP contribution in [-0.4, -0.2) is 0 Å². The average Bonchev–Trinajstić information content (AvgIpc) is 3.08. The molecule has 0 heterocycles. The Kier molecular flexibility index (Phi) is 6.12. The summed E-state index contributed by atoms with van der Waals surface area (Å²) in [6, 6.07) is 59.7. The van der Waals surface area contributed by atoms with Crippen LogP contribution in [0.5, 0.6) is 0 Å². The van der Waals surface area contributed by atoms with Gasteiger partial charge in [-0.1, -0.05) is 164 Å². The van der Waals surface area contributed by atoms with Crippen LogP contribution in [-0.2, 0) is 0 Å². The summed E-state index contributed by atoms with van der Waals surface area (Å²) in [7, 11) is 0. The largest absolute Gasteiger partial charge is 0.0622 e. The molecule has 8 aromatic rings. The fourth-order valence-corrected chi connectivity index (χ4v) is 6.97. The maximum absolute atomic E-state index is 2.31. The van der Waals surface area contributed by atoms with Gasteiger partial charge in [-0.2, -0.15) is 0 Å². The van der Waals surface area contributed by atoms with E-state index in [4.69, 9.17) is 0 Å². The van der Waals surface area contributed by atoms with Crippen molar-refractivity contribution in [3.63, 3.8) is 0 Å². The molecule has 0 unspecified atom stereocenters. The molecule has 8 aromatic carbocycles. The normalized spacial score (nSPS) is 11.4. The SMILES string of the molecule is Cc1ccccc1-c1c2ccccc2c(-c2ccccc2)c2c(-c3ccccc3)c3ccccc3c(-c3ccccc3)c12. The molecule has 43 heavy (non-hydrogen) atoms. The number of hydrogen-bond donors (Lipinski definition) is 0. The molecule has 0 bridgehead atoms. The fourth-order valence-electron chi connectivity index (χ4n) is 6.97. The third-order valence-corrected chi connectivity index (χ3v) is 8.78. The highest BCUT2D eigenvalue weighted by molar-refractivity contribution is 6.33. The Labute approximate surface area is 252 Å². The number of benzene rings is 8. The molecule has 0 saturated carbocycles. The maximum Gasteiger partial charge on any atom is -0.000129 e. The number of fused-ring (bicyclic) bond motifs is 3. The zero-order valence-electron chi connectivity index (χ0n) is 24.1. The van der Waals surface area contributed by atoms with Crippen molar-refractivity contribution in [3.05, 3.63) is 169 Å². The Bertz CT molecular complexity index is 2210. The highest BCUT2D eigenvalue weighted by Crippen LogP contribution is 2.53. The van der Waals surface area contributed by atoms with Crippen LogP contribution in [0.3, 0.4) is 0 Å². The minimum absolute atomic E-state index is 1.23. The van der Waals surface area contributed by atoms with Crippen molar-refractivity contribution in [2.45, 2.75) is 6.92 Å². The molecule has 0 radical (unpaired) electrons. The van der Waals surface area contributed by atoms with Gasteiger partial charge in [-0.3, -0.25) is 0 Å². The monoisotopic (exact) mass is 546 g/mol. The van der Waals surface area contributed by atoms with Crippen LogP contribution >= 0.6 is 0 Å². The zero-order valence-corrected chi connectivity index (χ0v) is 24.1. The van der Waals surface area contributed by atoms with E-state index in [9.17, 15) is 0 Å². The van der Waals surface area contributed by atoms with Crippen molar-refractivity contribution in [2.24, 2.45) is 0 Å². The number of hydrogen-bond acceptors (Lipinski definition) is 0. The molecular weight excluding hydrogens is 516 g/mol. The third-order valence-electron chi connectivity index (χ3n) is 8.78. The first-order valence-electron chi connectivity index (χ1n) is 15.0. The predicted octanol–water partition coefficient (Wildman–Crippen LogP) is 12.1. The number of rotatable bonds is 4. The van der Waals surface area contributed by atoms with E-state index in [0.29, 0.717) is 0 Å². The van der Waals surface area contributed by atoms with Gasteiger partial charge in [0.05, 0.1) is 0 Å². The van der Waals surface area contributed by atoms with E-state index >= 15 is 0 Å². The van der Waals surface area contributed by atoms with E-state index in [2.05, 4.69) is 171 Å². The first-order chi connectivity index (χ1) is 21.3. The second kappa shape index (κ2) is 10.4. The maximum atomic E-state index is 2.31. The lowest BCUT2D eigenvalue weighted by Gasteiger charge is -2.25. The highest BCUT2D eigenvalue weighted by atomic mass is 14.3. The molecule has 0 fully saturated rings. The van der Waals surface area contributed by atoms with Crippen LogP contribution in [0.15, 0.2) is 164 Å². The lowest BCUT2D eigenvalue weighted by atomic mass is 9.77. The van der Waals surface area contributed by atoms with Crippen LogP contribution in [0.1, 0.15) is 5.56 Å². The van der Waals surface area contributed by atoms with Crippen molar-refractivity contribution in [3.8, 4) is 44.5 Å². The van der Waals surface area contributed by atoms with E-state index in [1.165, 1.54) is 82.4 Å². The quantitative estimate of drug-likeness (QED) is 0.193. The van der Waals surface area contributed by atoms with Crippen LogP contribution in [0.2, 0.25) is 0 Å². The summed E-state index contributed by atoms with van der Waals surface area (Å²) in [6.45, 7) is 2.24. The molecule has 0 nitrogen and oxygen atoms in total. The Balaban J connectivity index is 1.78. The minimum atomic E-state index is 1.23. The smallest absolute Gasteiger partial charge is 0.000129 e. The van der Waals surface area contributed by atoms with Crippen molar-refractivity contribution >= 4 is 32.3 Å². The third kappa shape index (κ3) is 4.07. The van der Waals surface area contributed by atoms with E-state index in [0.717, 1.165) is 0 Å². The average molecular weight is 547 g/mol. The molecule has 202 valence electrons. The second-order valence-corrected chi connectivity index (χ2v) is 11.3. The topological polar surface area (TPSA) is 0 Å². The van der Waals surface area contributed by atoms with E-state index < -0.39 is 0 Å². The number of aryl methyl sites for hydroxylation is 1. The van der Waals surface area contributed by atoms with Crippen LogP contribution in [0.25, 0.3) is 76.8 Å². The zero-order chi connectivity index (χ0) is 28.8. The summed E-state index contributed by atoms with van der Waals surface area (Å²) in [6.07, 6.45) is 0. The summed E-state index contributed by atoms with van der Waals surface area (Å²) in [5.74, 6) is 0. The van der Waals surface area contributed by atoms with Gasteiger partial charge < -0.3 is 0 Å². The first kappa shape index (κ1) is 25.3. The van der Waals surface area contributed by atoms with Gasteiger partial charge in [0.1, 0.15) is 0 Å². The molecule has 0 saturated heterocycles. The van der Waals surface area contributed by atoms with Crippen LogP contribution < -0.4 is 0 Å². The van der Waals surface area contributed by atoms with Gasteiger partial charge in [-0.05, 0) is 89.3 Å². The van der Waals surface area contributed by atoms with Crippen LogP contribution in [0, 0.1) is 6.92 Å². The summed E-state index contributed by atoms with van der Waals surface area (Å²) in [5.41, 5.74) is 11.4. The van der Waals surface area contributed by atoms with Gasteiger partial charge in [0.2, 0.25) is 0 Å². The molecule has 0 amide bonds.